The summed E-state index contributed by atoms with van der Waals surface area (Å²) in [6.45, 7) is -0.158. The minimum absolute atomic E-state index is 0.175. The number of nitrogens with one attached hydrogen (secondary N) is 2. The van der Waals surface area contributed by atoms with Crippen molar-refractivity contribution in [1.29, 1.82) is 0 Å². The second kappa shape index (κ2) is 11.3. The average molecular weight is 432 g/mol. The molecule has 3 aromatic carbocycles. The summed E-state index contributed by atoms with van der Waals surface area (Å²) in [5.74, 6) is -0.703. The first-order valence-electron chi connectivity index (χ1n) is 10.0. The predicted molar refractivity (Wildman–Crippen MR) is 120 cm³/mol. The van der Waals surface area contributed by atoms with Gasteiger partial charge in [-0.25, -0.2) is 4.79 Å². The van der Waals surface area contributed by atoms with Crippen LogP contribution in [0, 0.1) is 0 Å². The van der Waals surface area contributed by atoms with Gasteiger partial charge in [-0.3, -0.25) is 9.59 Å². The Morgan fingerprint density at radius 3 is 2.31 bits per heavy atom. The number of rotatable bonds is 9. The zero-order valence-electron chi connectivity index (χ0n) is 17.7. The molecule has 0 atom stereocenters. The molecular weight excluding hydrogens is 408 g/mol. The Labute approximate surface area is 186 Å². The summed E-state index contributed by atoms with van der Waals surface area (Å²) in [7, 11) is 1.57. The minimum atomic E-state index is -0.697. The normalized spacial score (nSPS) is 10.2. The molecule has 7 nitrogen and oxygen atoms in total. The molecule has 164 valence electrons. The van der Waals surface area contributed by atoms with Crippen LogP contribution in [0.4, 0.5) is 5.69 Å². The molecule has 3 aromatic rings. The summed E-state index contributed by atoms with van der Waals surface area (Å²) < 4.78 is 10.3. The van der Waals surface area contributed by atoms with E-state index in [2.05, 4.69) is 10.6 Å². The molecule has 2 N–H and O–H groups in total. The van der Waals surface area contributed by atoms with Crippen LogP contribution in [0.2, 0.25) is 0 Å². The molecule has 0 saturated carbocycles. The van der Waals surface area contributed by atoms with Crippen LogP contribution in [-0.4, -0.2) is 31.5 Å². The first kappa shape index (κ1) is 22.6. The van der Waals surface area contributed by atoms with Gasteiger partial charge in [0, 0.05) is 6.54 Å². The van der Waals surface area contributed by atoms with Crippen molar-refractivity contribution in [2.75, 3.05) is 19.0 Å². The number of hydrogen-bond acceptors (Lipinski definition) is 5. The van der Waals surface area contributed by atoms with E-state index in [1.165, 1.54) is 6.07 Å². The number of benzene rings is 3. The van der Waals surface area contributed by atoms with Crippen LogP contribution in [-0.2, 0) is 27.3 Å². The van der Waals surface area contributed by atoms with Crippen LogP contribution in [0.15, 0.2) is 78.9 Å². The highest BCUT2D eigenvalue weighted by Crippen LogP contribution is 2.17. The monoisotopic (exact) mass is 432 g/mol. The van der Waals surface area contributed by atoms with Crippen LogP contribution < -0.4 is 15.4 Å². The van der Waals surface area contributed by atoms with Crippen molar-refractivity contribution >= 4 is 23.5 Å². The van der Waals surface area contributed by atoms with E-state index < -0.39 is 18.5 Å². The van der Waals surface area contributed by atoms with Gasteiger partial charge in [0.1, 0.15) is 5.75 Å². The SMILES string of the molecule is COc1cccc(CNC(=O)COC(=O)c2ccccc2NC(=O)Cc2ccccc2)c1. The maximum atomic E-state index is 12.5. The number of para-hydroxylation sites is 1. The summed E-state index contributed by atoms with van der Waals surface area (Å²) in [5.41, 5.74) is 2.22. The Balaban J connectivity index is 1.52. The van der Waals surface area contributed by atoms with Gasteiger partial charge in [0.15, 0.2) is 6.61 Å². The second-order valence-electron chi connectivity index (χ2n) is 6.96. The van der Waals surface area contributed by atoms with E-state index in [1.807, 2.05) is 48.5 Å². The second-order valence-corrected chi connectivity index (χ2v) is 6.96. The molecule has 2 amide bonds. The number of esters is 1. The van der Waals surface area contributed by atoms with Crippen molar-refractivity contribution in [2.24, 2.45) is 0 Å². The molecule has 32 heavy (non-hydrogen) atoms. The number of carbonyl (C=O) groups is 3. The molecule has 3 rings (SSSR count). The lowest BCUT2D eigenvalue weighted by Crippen LogP contribution is -2.28. The van der Waals surface area contributed by atoms with Crippen LogP contribution >= 0.6 is 0 Å². The highest BCUT2D eigenvalue weighted by Gasteiger charge is 2.16. The van der Waals surface area contributed by atoms with Gasteiger partial charge in [-0.2, -0.15) is 0 Å². The molecule has 0 spiro atoms. The molecule has 7 heteroatoms. The van der Waals surface area contributed by atoms with Crippen molar-refractivity contribution in [3.63, 3.8) is 0 Å². The highest BCUT2D eigenvalue weighted by atomic mass is 16.5. The summed E-state index contributed by atoms with van der Waals surface area (Å²) in [5, 5.41) is 5.42. The quantitative estimate of drug-likeness (QED) is 0.506. The van der Waals surface area contributed by atoms with Gasteiger partial charge >= 0.3 is 5.97 Å². The Bertz CT molecular complexity index is 1080. The lowest BCUT2D eigenvalue weighted by molar-refractivity contribution is -0.124. The third-order valence-electron chi connectivity index (χ3n) is 4.59. The van der Waals surface area contributed by atoms with Gasteiger partial charge in [-0.1, -0.05) is 54.6 Å². The fourth-order valence-electron chi connectivity index (χ4n) is 2.99. The number of methoxy groups -OCH3 is 1. The topological polar surface area (TPSA) is 93.7 Å². The number of carbonyl (C=O) groups excluding carboxylic acids is 3. The Morgan fingerprint density at radius 2 is 1.53 bits per heavy atom. The molecule has 0 unspecified atom stereocenters. The predicted octanol–water partition coefficient (Wildman–Crippen LogP) is 3.35. The van der Waals surface area contributed by atoms with Gasteiger partial charge in [-0.05, 0) is 35.4 Å². The van der Waals surface area contributed by atoms with Gasteiger partial charge in [0.25, 0.3) is 5.91 Å². The fourth-order valence-corrected chi connectivity index (χ4v) is 2.99. The molecule has 0 aliphatic heterocycles. The highest BCUT2D eigenvalue weighted by molar-refractivity contribution is 6.02. The molecule has 0 aromatic heterocycles. The largest absolute Gasteiger partial charge is 0.497 e. The Morgan fingerprint density at radius 1 is 0.812 bits per heavy atom. The van der Waals surface area contributed by atoms with Crippen LogP contribution in [0.3, 0.4) is 0 Å². The van der Waals surface area contributed by atoms with Crippen LogP contribution in [0.5, 0.6) is 5.75 Å². The maximum Gasteiger partial charge on any atom is 0.340 e. The number of anilines is 1. The van der Waals surface area contributed by atoms with Gasteiger partial charge in [0.2, 0.25) is 5.91 Å². The number of hydrogen-bond donors (Lipinski definition) is 2. The molecule has 0 saturated heterocycles. The first-order valence-corrected chi connectivity index (χ1v) is 10.0. The van der Waals surface area contributed by atoms with E-state index in [4.69, 9.17) is 9.47 Å². The molecule has 0 heterocycles. The van der Waals surface area contributed by atoms with Gasteiger partial charge in [0.05, 0.1) is 24.8 Å². The Kier molecular flexibility index (Phi) is 7.97. The summed E-state index contributed by atoms with van der Waals surface area (Å²) in [6.07, 6.45) is 0.177. The van der Waals surface area contributed by atoms with Crippen molar-refractivity contribution < 1.29 is 23.9 Å². The van der Waals surface area contributed by atoms with E-state index in [1.54, 1.807) is 31.4 Å². The van der Waals surface area contributed by atoms with E-state index in [9.17, 15) is 14.4 Å². The molecule has 0 aliphatic rings. The lowest BCUT2D eigenvalue weighted by Gasteiger charge is -2.11. The zero-order chi connectivity index (χ0) is 22.8. The summed E-state index contributed by atoms with van der Waals surface area (Å²) in [6, 6.07) is 23.1. The summed E-state index contributed by atoms with van der Waals surface area (Å²) in [4.78, 5) is 36.9. The smallest absolute Gasteiger partial charge is 0.340 e. The minimum Gasteiger partial charge on any atom is -0.497 e. The van der Waals surface area contributed by atoms with E-state index in [0.717, 1.165) is 11.1 Å². The van der Waals surface area contributed by atoms with Crippen LogP contribution in [0.1, 0.15) is 21.5 Å². The summed E-state index contributed by atoms with van der Waals surface area (Å²) >= 11 is 0. The van der Waals surface area contributed by atoms with Crippen molar-refractivity contribution in [3.8, 4) is 5.75 Å². The Hall–Kier alpha value is -4.13. The van der Waals surface area contributed by atoms with Crippen molar-refractivity contribution in [2.45, 2.75) is 13.0 Å². The molecule has 0 radical (unpaired) electrons. The van der Waals surface area contributed by atoms with Gasteiger partial charge in [-0.15, -0.1) is 0 Å². The third kappa shape index (κ3) is 6.70. The standard InChI is InChI=1S/C25H24N2O5/c1-31-20-11-7-10-19(14-20)16-26-24(29)17-32-25(30)21-12-5-6-13-22(21)27-23(28)15-18-8-3-2-4-9-18/h2-14H,15-17H2,1H3,(H,26,29)(H,27,28). The van der Waals surface area contributed by atoms with Crippen molar-refractivity contribution in [1.82, 2.24) is 5.32 Å². The third-order valence-corrected chi connectivity index (χ3v) is 4.59. The van der Waals surface area contributed by atoms with E-state index >= 15 is 0 Å². The molecular formula is C25H24N2O5. The molecule has 0 bridgehead atoms. The number of amides is 2. The van der Waals surface area contributed by atoms with Crippen molar-refractivity contribution in [3.05, 3.63) is 95.6 Å². The fraction of sp³-hybridized carbons (Fsp3) is 0.160. The van der Waals surface area contributed by atoms with Gasteiger partial charge < -0.3 is 20.1 Å². The molecule has 0 aliphatic carbocycles. The number of ether oxygens (including phenoxy) is 2. The average Bonchev–Trinajstić information content (AvgIpc) is 2.82. The van der Waals surface area contributed by atoms with E-state index in [0.29, 0.717) is 11.4 Å². The van der Waals surface area contributed by atoms with E-state index in [-0.39, 0.29) is 24.4 Å². The molecule has 0 fully saturated rings. The van der Waals surface area contributed by atoms with Crippen LogP contribution in [0.25, 0.3) is 0 Å². The lowest BCUT2D eigenvalue weighted by atomic mass is 10.1. The maximum absolute atomic E-state index is 12.5. The first-order chi connectivity index (χ1) is 15.5. The zero-order valence-corrected chi connectivity index (χ0v) is 17.7.